The van der Waals surface area contributed by atoms with Gasteiger partial charge in [-0.05, 0) is 5.97 Å². The Morgan fingerprint density at radius 3 is 1.75 bits per heavy atom. The molecule has 0 aromatic heterocycles. The maximum absolute atomic E-state index is 7.10. The summed E-state index contributed by atoms with van der Waals surface area (Å²) in [6.07, 6.45) is 0. The second-order valence-corrected chi connectivity index (χ2v) is 0.129. The molecular formula is CH2BNO. The summed E-state index contributed by atoms with van der Waals surface area (Å²) in [5.41, 5.74) is 0. The normalized spacial score (nSPS) is 1.75. The summed E-state index contributed by atoms with van der Waals surface area (Å²) in [6.45, 7) is 0. The molecule has 3 heteroatoms. The first-order chi connectivity index (χ1) is 1.41. The van der Waals surface area contributed by atoms with Crippen molar-refractivity contribution in [2.45, 2.75) is 0 Å². The zero-order valence-corrected chi connectivity index (χ0v) is 2.02. The summed E-state index contributed by atoms with van der Waals surface area (Å²) in [7, 11) is 4.15. The van der Waals surface area contributed by atoms with Crippen LogP contribution in [-0.2, 0) is 0 Å². The van der Waals surface area contributed by atoms with Crippen molar-refractivity contribution in [3.05, 3.63) is 0 Å². The van der Waals surface area contributed by atoms with E-state index in [1.165, 1.54) is 5.97 Å². The molecule has 0 saturated heterocycles. The summed E-state index contributed by atoms with van der Waals surface area (Å²) in [5.74, 6) is 1.25. The topological polar surface area (TPSA) is 55.3 Å². The minimum Gasteiger partial charge on any atom is -0.412 e. The highest BCUT2D eigenvalue weighted by atomic mass is 16.0. The Morgan fingerprint density at radius 1 is 1.75 bits per heavy atom. The van der Waals surface area contributed by atoms with Crippen LogP contribution in [0.3, 0.4) is 0 Å². The van der Waals surface area contributed by atoms with Gasteiger partial charge in [0.15, 0.2) is 0 Å². The Kier molecular flexibility index (Phi) is 52.7. The van der Waals surface area contributed by atoms with E-state index in [2.05, 4.69) is 7.85 Å². The van der Waals surface area contributed by atoms with Crippen molar-refractivity contribution in [2.75, 3.05) is 0 Å². The lowest BCUT2D eigenvalue weighted by atomic mass is 10.2. The molecule has 0 aliphatic heterocycles. The van der Waals surface area contributed by atoms with Gasteiger partial charge < -0.3 is 5.48 Å². The van der Waals surface area contributed by atoms with Crippen molar-refractivity contribution in [3.63, 3.8) is 0 Å². The van der Waals surface area contributed by atoms with Gasteiger partial charge in [0.05, 0.1) is 0 Å². The van der Waals surface area contributed by atoms with E-state index in [4.69, 9.17) is 5.26 Å². The third-order valence-electron chi connectivity index (χ3n) is 0. The average molecular weight is 54.8 g/mol. The van der Waals surface area contributed by atoms with Crippen LogP contribution in [0.15, 0.2) is 0 Å². The molecule has 0 atom stereocenters. The van der Waals surface area contributed by atoms with Crippen LogP contribution in [0.4, 0.5) is 0 Å². The van der Waals surface area contributed by atoms with Crippen LogP contribution in [-0.4, -0.2) is 13.3 Å². The highest BCUT2D eigenvalue weighted by Gasteiger charge is 1.22. The van der Waals surface area contributed by atoms with E-state index < -0.39 is 0 Å². The van der Waals surface area contributed by atoms with Crippen molar-refractivity contribution >= 4 is 7.85 Å². The van der Waals surface area contributed by atoms with Crippen LogP contribution in [0.5, 0.6) is 0 Å². The SMILES string of the molecule is O.[B]C#N. The van der Waals surface area contributed by atoms with Gasteiger partial charge in [-0.1, -0.05) is 0 Å². The fourth-order valence-electron chi connectivity index (χ4n) is 0. The van der Waals surface area contributed by atoms with Gasteiger partial charge in [-0.2, -0.15) is 0 Å². The molecule has 0 saturated carbocycles. The van der Waals surface area contributed by atoms with E-state index in [0.29, 0.717) is 0 Å². The fourth-order valence-corrected chi connectivity index (χ4v) is 0. The Bertz CT molecular complexity index is 29.5. The molecule has 0 unspecified atom stereocenters. The van der Waals surface area contributed by atoms with Crippen molar-refractivity contribution in [2.24, 2.45) is 0 Å². The first-order valence-corrected chi connectivity index (χ1v) is 0.512. The molecule has 0 amide bonds. The lowest BCUT2D eigenvalue weighted by molar-refractivity contribution is 0.824. The predicted octanol–water partition coefficient (Wildman–Crippen LogP) is -1.19. The summed E-state index contributed by atoms with van der Waals surface area (Å²) < 4.78 is 0. The van der Waals surface area contributed by atoms with E-state index in [0.717, 1.165) is 0 Å². The van der Waals surface area contributed by atoms with Crippen LogP contribution >= 0.6 is 0 Å². The summed E-state index contributed by atoms with van der Waals surface area (Å²) >= 11 is 0. The van der Waals surface area contributed by atoms with Gasteiger partial charge >= 0.3 is 0 Å². The molecule has 2 nitrogen and oxygen atoms in total. The van der Waals surface area contributed by atoms with Gasteiger partial charge in [0.25, 0.3) is 0 Å². The molecule has 20 valence electrons. The first-order valence-electron chi connectivity index (χ1n) is 0.512. The Labute approximate surface area is 25.8 Å². The molecule has 0 aromatic rings. The molecule has 4 heavy (non-hydrogen) atoms. The number of nitrogens with zero attached hydrogens (tertiary/aromatic N) is 1. The smallest absolute Gasteiger partial charge is 0.229 e. The van der Waals surface area contributed by atoms with E-state index in [-0.39, 0.29) is 5.48 Å². The molecule has 0 heterocycles. The molecule has 0 rings (SSSR count). The lowest BCUT2D eigenvalue weighted by Gasteiger charge is -1.12. The van der Waals surface area contributed by atoms with Crippen LogP contribution in [0.1, 0.15) is 0 Å². The molecule has 2 radical (unpaired) electrons. The molecule has 0 bridgehead atoms. The Balaban J connectivity index is 0. The standard InChI is InChI=1S/CBN.H2O/c2-1-3;/h;1H2. The van der Waals surface area contributed by atoms with Gasteiger partial charge in [-0.25, -0.2) is 5.26 Å². The molecule has 0 aliphatic carbocycles. The van der Waals surface area contributed by atoms with Gasteiger partial charge in [0, 0.05) is 0 Å². The van der Waals surface area contributed by atoms with E-state index in [9.17, 15) is 0 Å². The minimum absolute atomic E-state index is 0. The van der Waals surface area contributed by atoms with Gasteiger partial charge in [-0.3, -0.25) is 0 Å². The Hall–Kier alpha value is -0.485. The second-order valence-electron chi connectivity index (χ2n) is 0.129. The number of rotatable bonds is 0. The maximum Gasteiger partial charge on any atom is 0.229 e. The average Bonchev–Trinajstić information content (AvgIpc) is 0.918. The van der Waals surface area contributed by atoms with Gasteiger partial charge in [0.2, 0.25) is 7.85 Å². The fraction of sp³-hybridized carbons (Fsp3) is 0. The molecule has 0 spiro atoms. The molecular weight excluding hydrogens is 52.8 g/mol. The minimum atomic E-state index is 0. The van der Waals surface area contributed by atoms with Crippen molar-refractivity contribution in [1.29, 1.82) is 5.26 Å². The monoisotopic (exact) mass is 55.0 g/mol. The van der Waals surface area contributed by atoms with E-state index >= 15 is 0 Å². The van der Waals surface area contributed by atoms with Crippen molar-refractivity contribution in [1.82, 2.24) is 0 Å². The summed E-state index contributed by atoms with van der Waals surface area (Å²) in [4.78, 5) is 0. The van der Waals surface area contributed by atoms with Crippen molar-refractivity contribution < 1.29 is 5.48 Å². The summed E-state index contributed by atoms with van der Waals surface area (Å²) in [5, 5.41) is 7.10. The predicted molar refractivity (Wildman–Crippen MR) is 15.0 cm³/mol. The van der Waals surface area contributed by atoms with Crippen LogP contribution in [0.25, 0.3) is 0 Å². The zero-order chi connectivity index (χ0) is 2.71. The largest absolute Gasteiger partial charge is 0.412 e. The summed E-state index contributed by atoms with van der Waals surface area (Å²) in [6, 6.07) is 0. The second kappa shape index (κ2) is 21.8. The first kappa shape index (κ1) is 9.69. The van der Waals surface area contributed by atoms with Crippen LogP contribution < -0.4 is 0 Å². The third-order valence-corrected chi connectivity index (χ3v) is 0. The molecule has 0 fully saturated rings. The van der Waals surface area contributed by atoms with Crippen LogP contribution in [0, 0.1) is 11.2 Å². The Morgan fingerprint density at radius 2 is 1.75 bits per heavy atom. The molecule has 0 aromatic carbocycles. The third kappa shape index (κ3) is 1.71. The number of hydrogen-bond donors (Lipinski definition) is 0. The highest BCUT2D eigenvalue weighted by molar-refractivity contribution is 6.20. The van der Waals surface area contributed by atoms with Crippen molar-refractivity contribution in [3.8, 4) is 5.97 Å². The maximum atomic E-state index is 7.10. The van der Waals surface area contributed by atoms with Gasteiger partial charge in [-0.15, -0.1) is 0 Å². The molecule has 0 aliphatic rings. The quantitative estimate of drug-likeness (QED) is 0.321. The zero-order valence-electron chi connectivity index (χ0n) is 2.02. The molecule has 2 N–H and O–H groups in total. The van der Waals surface area contributed by atoms with E-state index in [1.54, 1.807) is 0 Å². The highest BCUT2D eigenvalue weighted by Crippen LogP contribution is 1.04. The number of hydrogen-bond acceptors (Lipinski definition) is 1. The van der Waals surface area contributed by atoms with Crippen LogP contribution in [0.2, 0.25) is 0 Å². The number of nitriles is 1. The van der Waals surface area contributed by atoms with Gasteiger partial charge in [0.1, 0.15) is 0 Å². The lowest BCUT2D eigenvalue weighted by Crippen LogP contribution is -1.32. The van der Waals surface area contributed by atoms with E-state index in [1.807, 2.05) is 0 Å².